The van der Waals surface area contributed by atoms with Gasteiger partial charge in [-0.1, -0.05) is 23.8 Å². The summed E-state index contributed by atoms with van der Waals surface area (Å²) in [5, 5.41) is 2.70. The first-order chi connectivity index (χ1) is 10.8. The molecule has 0 saturated carbocycles. The molecule has 122 valence electrons. The average molecular weight is 444 g/mol. The molecule has 7 heteroatoms. The first kappa shape index (κ1) is 17.9. The van der Waals surface area contributed by atoms with Gasteiger partial charge in [-0.3, -0.25) is 4.79 Å². The SMILES string of the molecule is Cc1ccc(S(=O)(=O)N(C)CC(=O)Nc2cccc(I)c2)cc1. The summed E-state index contributed by atoms with van der Waals surface area (Å²) in [4.78, 5) is 12.2. The normalized spacial score (nSPS) is 11.5. The Labute approximate surface area is 149 Å². The molecule has 1 amide bonds. The first-order valence-corrected chi connectivity index (χ1v) is 9.39. The number of nitrogens with zero attached hydrogens (tertiary/aromatic N) is 1. The molecule has 0 saturated heterocycles. The van der Waals surface area contributed by atoms with Crippen LogP contribution >= 0.6 is 22.6 Å². The molecule has 0 radical (unpaired) electrons. The van der Waals surface area contributed by atoms with E-state index >= 15 is 0 Å². The molecule has 0 fully saturated rings. The zero-order chi connectivity index (χ0) is 17.0. The first-order valence-electron chi connectivity index (χ1n) is 6.87. The van der Waals surface area contributed by atoms with Crippen LogP contribution in [0.3, 0.4) is 0 Å². The third-order valence-electron chi connectivity index (χ3n) is 3.20. The Morgan fingerprint density at radius 2 is 1.83 bits per heavy atom. The minimum atomic E-state index is -3.68. The number of hydrogen-bond donors (Lipinski definition) is 1. The van der Waals surface area contributed by atoms with Gasteiger partial charge in [0.1, 0.15) is 0 Å². The second kappa shape index (κ2) is 7.41. The molecular weight excluding hydrogens is 427 g/mol. The highest BCUT2D eigenvalue weighted by Gasteiger charge is 2.22. The average Bonchev–Trinajstić information content (AvgIpc) is 2.47. The fraction of sp³-hybridized carbons (Fsp3) is 0.188. The lowest BCUT2D eigenvalue weighted by Crippen LogP contribution is -2.34. The Bertz CT molecular complexity index is 804. The number of aryl methyl sites for hydroxylation is 1. The van der Waals surface area contributed by atoms with Crippen molar-refractivity contribution in [1.29, 1.82) is 0 Å². The Kier molecular flexibility index (Phi) is 5.77. The number of rotatable bonds is 5. The van der Waals surface area contributed by atoms with E-state index < -0.39 is 10.0 Å². The molecule has 0 aliphatic heterocycles. The van der Waals surface area contributed by atoms with Gasteiger partial charge in [-0.2, -0.15) is 4.31 Å². The predicted molar refractivity (Wildman–Crippen MR) is 98.8 cm³/mol. The smallest absolute Gasteiger partial charge is 0.243 e. The van der Waals surface area contributed by atoms with E-state index in [9.17, 15) is 13.2 Å². The van der Waals surface area contributed by atoms with Crippen LogP contribution in [0.25, 0.3) is 0 Å². The van der Waals surface area contributed by atoms with E-state index in [1.807, 2.05) is 25.1 Å². The van der Waals surface area contributed by atoms with Crippen LogP contribution in [0.2, 0.25) is 0 Å². The number of nitrogens with one attached hydrogen (secondary N) is 1. The van der Waals surface area contributed by atoms with E-state index in [1.54, 1.807) is 30.3 Å². The van der Waals surface area contributed by atoms with Crippen molar-refractivity contribution in [1.82, 2.24) is 4.31 Å². The predicted octanol–water partition coefficient (Wildman–Crippen LogP) is 2.86. The summed E-state index contributed by atoms with van der Waals surface area (Å²) in [6.07, 6.45) is 0. The van der Waals surface area contributed by atoms with Crippen molar-refractivity contribution < 1.29 is 13.2 Å². The quantitative estimate of drug-likeness (QED) is 0.722. The van der Waals surface area contributed by atoms with E-state index in [1.165, 1.54) is 7.05 Å². The molecule has 2 aromatic carbocycles. The van der Waals surface area contributed by atoms with Gasteiger partial charge >= 0.3 is 0 Å². The minimum Gasteiger partial charge on any atom is -0.325 e. The third-order valence-corrected chi connectivity index (χ3v) is 5.69. The van der Waals surface area contributed by atoms with Gasteiger partial charge < -0.3 is 5.32 Å². The third kappa shape index (κ3) is 4.76. The van der Waals surface area contributed by atoms with Crippen molar-refractivity contribution in [2.24, 2.45) is 0 Å². The maximum absolute atomic E-state index is 12.4. The number of amides is 1. The van der Waals surface area contributed by atoms with Crippen molar-refractivity contribution in [2.75, 3.05) is 18.9 Å². The number of anilines is 1. The summed E-state index contributed by atoms with van der Waals surface area (Å²) in [6.45, 7) is 1.64. The zero-order valence-corrected chi connectivity index (χ0v) is 15.8. The molecule has 2 rings (SSSR count). The van der Waals surface area contributed by atoms with Crippen LogP contribution in [-0.4, -0.2) is 32.2 Å². The van der Waals surface area contributed by atoms with Gasteiger partial charge in [0, 0.05) is 16.3 Å². The van der Waals surface area contributed by atoms with Gasteiger partial charge in [-0.15, -0.1) is 0 Å². The van der Waals surface area contributed by atoms with E-state index in [-0.39, 0.29) is 17.3 Å². The largest absolute Gasteiger partial charge is 0.325 e. The molecule has 5 nitrogen and oxygen atoms in total. The van der Waals surface area contributed by atoms with Crippen LogP contribution in [-0.2, 0) is 14.8 Å². The topological polar surface area (TPSA) is 66.5 Å². The molecule has 0 aromatic heterocycles. The van der Waals surface area contributed by atoms with Gasteiger partial charge in [0.15, 0.2) is 0 Å². The summed E-state index contributed by atoms with van der Waals surface area (Å²) in [5.74, 6) is -0.384. The fourth-order valence-electron chi connectivity index (χ4n) is 1.94. The molecule has 0 unspecified atom stereocenters. The number of benzene rings is 2. The Morgan fingerprint density at radius 3 is 2.43 bits per heavy atom. The molecule has 1 N–H and O–H groups in total. The van der Waals surface area contributed by atoms with Crippen LogP contribution in [0.15, 0.2) is 53.4 Å². The molecule has 0 aliphatic carbocycles. The second-order valence-electron chi connectivity index (χ2n) is 5.13. The summed E-state index contributed by atoms with van der Waals surface area (Å²) < 4.78 is 26.9. The lowest BCUT2D eigenvalue weighted by molar-refractivity contribution is -0.116. The van der Waals surface area contributed by atoms with Crippen LogP contribution < -0.4 is 5.32 Å². The zero-order valence-electron chi connectivity index (χ0n) is 12.8. The monoisotopic (exact) mass is 444 g/mol. The lowest BCUT2D eigenvalue weighted by Gasteiger charge is -2.17. The van der Waals surface area contributed by atoms with Crippen molar-refractivity contribution in [3.63, 3.8) is 0 Å². The van der Waals surface area contributed by atoms with Crippen LogP contribution in [0.4, 0.5) is 5.69 Å². The van der Waals surface area contributed by atoms with Crippen molar-refractivity contribution in [3.8, 4) is 0 Å². The van der Waals surface area contributed by atoms with E-state index in [0.717, 1.165) is 13.4 Å². The highest BCUT2D eigenvalue weighted by molar-refractivity contribution is 14.1. The lowest BCUT2D eigenvalue weighted by atomic mass is 10.2. The number of halogens is 1. The standard InChI is InChI=1S/C16H17IN2O3S/c1-12-6-8-15(9-7-12)23(21,22)19(2)11-16(20)18-14-5-3-4-13(17)10-14/h3-10H,11H2,1-2H3,(H,18,20). The molecular formula is C16H17IN2O3S. The van der Waals surface area contributed by atoms with E-state index in [0.29, 0.717) is 5.69 Å². The van der Waals surface area contributed by atoms with Gasteiger partial charge in [0.2, 0.25) is 15.9 Å². The summed E-state index contributed by atoms with van der Waals surface area (Å²) >= 11 is 2.14. The second-order valence-corrected chi connectivity index (χ2v) is 8.42. The number of sulfonamides is 1. The van der Waals surface area contributed by atoms with Gasteiger partial charge in [0.25, 0.3) is 0 Å². The Morgan fingerprint density at radius 1 is 1.17 bits per heavy atom. The maximum atomic E-state index is 12.4. The van der Waals surface area contributed by atoms with E-state index in [2.05, 4.69) is 27.9 Å². The highest BCUT2D eigenvalue weighted by atomic mass is 127. The Hall–Kier alpha value is -1.45. The number of likely N-dealkylation sites (N-methyl/N-ethyl adjacent to an activating group) is 1. The summed E-state index contributed by atoms with van der Waals surface area (Å²) in [6, 6.07) is 13.8. The molecule has 0 spiro atoms. The van der Waals surface area contributed by atoms with Crippen LogP contribution in [0.1, 0.15) is 5.56 Å². The molecule has 0 bridgehead atoms. The fourth-order valence-corrected chi connectivity index (χ4v) is 3.61. The van der Waals surface area contributed by atoms with Gasteiger partial charge in [-0.25, -0.2) is 8.42 Å². The number of carbonyl (C=O) groups is 1. The maximum Gasteiger partial charge on any atom is 0.243 e. The molecule has 23 heavy (non-hydrogen) atoms. The summed E-state index contributed by atoms with van der Waals surface area (Å²) in [7, 11) is -2.29. The summed E-state index contributed by atoms with van der Waals surface area (Å²) in [5.41, 5.74) is 1.62. The highest BCUT2D eigenvalue weighted by Crippen LogP contribution is 2.16. The Balaban J connectivity index is 2.06. The van der Waals surface area contributed by atoms with Gasteiger partial charge in [0.05, 0.1) is 11.4 Å². The van der Waals surface area contributed by atoms with Crippen molar-refractivity contribution in [2.45, 2.75) is 11.8 Å². The number of hydrogen-bond acceptors (Lipinski definition) is 3. The van der Waals surface area contributed by atoms with Crippen LogP contribution in [0.5, 0.6) is 0 Å². The molecule has 2 aromatic rings. The van der Waals surface area contributed by atoms with Crippen LogP contribution in [0, 0.1) is 10.5 Å². The van der Waals surface area contributed by atoms with Crippen molar-refractivity contribution >= 4 is 44.2 Å². The van der Waals surface area contributed by atoms with Crippen molar-refractivity contribution in [3.05, 3.63) is 57.7 Å². The molecule has 0 atom stereocenters. The number of carbonyl (C=O) groups excluding carboxylic acids is 1. The molecule has 0 heterocycles. The van der Waals surface area contributed by atoms with Gasteiger partial charge in [-0.05, 0) is 59.8 Å². The molecule has 0 aliphatic rings. The minimum absolute atomic E-state index is 0.174. The van der Waals surface area contributed by atoms with E-state index in [4.69, 9.17) is 0 Å².